The van der Waals surface area contributed by atoms with Gasteiger partial charge in [-0.15, -0.1) is 5.10 Å². The van der Waals surface area contributed by atoms with Gasteiger partial charge in [-0.05, 0) is 50.5 Å². The van der Waals surface area contributed by atoms with E-state index < -0.39 is 0 Å². The summed E-state index contributed by atoms with van der Waals surface area (Å²) in [6.45, 7) is 5.16. The molecule has 1 aliphatic rings. The highest BCUT2D eigenvalue weighted by Gasteiger charge is 2.24. The summed E-state index contributed by atoms with van der Waals surface area (Å²) in [5, 5.41) is 11.8. The molecule has 31 heavy (non-hydrogen) atoms. The minimum absolute atomic E-state index is 0.254. The number of amides is 1. The summed E-state index contributed by atoms with van der Waals surface area (Å²) in [5.74, 6) is 0.475. The van der Waals surface area contributed by atoms with Crippen molar-refractivity contribution in [2.75, 3.05) is 16.8 Å². The summed E-state index contributed by atoms with van der Waals surface area (Å²) in [6, 6.07) is 7.95. The average molecular weight is 416 g/mol. The molecule has 4 aromatic rings. The highest BCUT2D eigenvalue weighted by molar-refractivity contribution is 6.07. The van der Waals surface area contributed by atoms with Gasteiger partial charge in [-0.25, -0.2) is 4.52 Å². The molecule has 1 saturated heterocycles. The molecule has 5 rings (SSSR count). The topological polar surface area (TPSA) is 93.2 Å². The molecule has 1 atom stereocenters. The lowest BCUT2D eigenvalue weighted by atomic mass is 10.1. The van der Waals surface area contributed by atoms with Crippen molar-refractivity contribution in [3.63, 3.8) is 0 Å². The number of hydrogen-bond acceptors (Lipinski definition) is 6. The van der Waals surface area contributed by atoms with Gasteiger partial charge in [0.1, 0.15) is 5.69 Å². The van der Waals surface area contributed by atoms with Crippen LogP contribution in [0, 0.1) is 6.92 Å². The number of carbonyl (C=O) groups excluding carboxylic acids is 1. The Hall–Kier alpha value is -3.75. The summed E-state index contributed by atoms with van der Waals surface area (Å²) < 4.78 is 3.30. The first-order valence-electron chi connectivity index (χ1n) is 10.4. The maximum atomic E-state index is 13.1. The van der Waals surface area contributed by atoms with Crippen LogP contribution in [0.25, 0.3) is 16.9 Å². The van der Waals surface area contributed by atoms with Crippen molar-refractivity contribution in [2.24, 2.45) is 7.05 Å². The zero-order valence-electron chi connectivity index (χ0n) is 17.8. The number of nitrogens with one attached hydrogen (secondary N) is 1. The molecule has 0 aromatic carbocycles. The number of carbonyl (C=O) groups is 1. The van der Waals surface area contributed by atoms with E-state index in [0.29, 0.717) is 28.6 Å². The second kappa shape index (κ2) is 7.50. The fourth-order valence-electron chi connectivity index (χ4n) is 4.07. The largest absolute Gasteiger partial charge is 0.337 e. The van der Waals surface area contributed by atoms with Gasteiger partial charge >= 0.3 is 0 Å². The number of hydrogen-bond donors (Lipinski definition) is 1. The maximum Gasteiger partial charge on any atom is 0.274 e. The quantitative estimate of drug-likeness (QED) is 0.550. The summed E-state index contributed by atoms with van der Waals surface area (Å²) in [7, 11) is 1.75. The molecule has 9 nitrogen and oxygen atoms in total. The van der Waals surface area contributed by atoms with Crippen LogP contribution in [0.1, 0.15) is 35.8 Å². The standard InChI is InChI=1S/C22H24N8O/c1-14-6-8-23-18(11-14)17-13-24-28(3)20(17)21(31)25-16-7-10-30-19(12-16)26-22(27-30)29-9-4-5-15(29)2/h6-8,10-13,15H,4-5,9H2,1-3H3,(H,25,31). The van der Waals surface area contributed by atoms with Crippen molar-refractivity contribution in [3.8, 4) is 11.3 Å². The summed E-state index contributed by atoms with van der Waals surface area (Å²) >= 11 is 0. The van der Waals surface area contributed by atoms with Gasteiger partial charge in [-0.1, -0.05) is 0 Å². The first-order valence-corrected chi connectivity index (χ1v) is 10.4. The molecule has 1 unspecified atom stereocenters. The number of pyridine rings is 2. The summed E-state index contributed by atoms with van der Waals surface area (Å²) in [4.78, 5) is 24.4. The summed E-state index contributed by atoms with van der Waals surface area (Å²) in [5.41, 5.74) is 4.27. The molecule has 9 heteroatoms. The van der Waals surface area contributed by atoms with Gasteiger partial charge in [0.05, 0.1) is 17.5 Å². The van der Waals surface area contributed by atoms with Gasteiger partial charge < -0.3 is 10.2 Å². The number of rotatable bonds is 4. The third-order valence-corrected chi connectivity index (χ3v) is 5.74. The Morgan fingerprint density at radius 1 is 1.26 bits per heavy atom. The third-order valence-electron chi connectivity index (χ3n) is 5.74. The fraction of sp³-hybridized carbons (Fsp3) is 0.318. The van der Waals surface area contributed by atoms with E-state index in [0.717, 1.165) is 36.6 Å². The van der Waals surface area contributed by atoms with Crippen molar-refractivity contribution in [1.82, 2.24) is 29.4 Å². The van der Waals surface area contributed by atoms with Crippen molar-refractivity contribution in [2.45, 2.75) is 32.7 Å². The van der Waals surface area contributed by atoms with Crippen molar-refractivity contribution in [1.29, 1.82) is 0 Å². The van der Waals surface area contributed by atoms with E-state index in [-0.39, 0.29) is 5.91 Å². The van der Waals surface area contributed by atoms with Crippen LogP contribution >= 0.6 is 0 Å². The number of anilines is 2. The molecular formula is C22H24N8O. The van der Waals surface area contributed by atoms with E-state index >= 15 is 0 Å². The first-order chi connectivity index (χ1) is 15.0. The number of aromatic nitrogens is 6. The Bertz CT molecular complexity index is 1270. The van der Waals surface area contributed by atoms with E-state index in [9.17, 15) is 4.79 Å². The normalized spacial score (nSPS) is 16.2. The average Bonchev–Trinajstić information content (AvgIpc) is 3.45. The van der Waals surface area contributed by atoms with Gasteiger partial charge in [-0.3, -0.25) is 14.5 Å². The smallest absolute Gasteiger partial charge is 0.274 e. The molecule has 1 aliphatic heterocycles. The van der Waals surface area contributed by atoms with E-state index in [2.05, 4.69) is 37.3 Å². The molecule has 1 fully saturated rings. The van der Waals surface area contributed by atoms with Gasteiger partial charge in [0.15, 0.2) is 5.65 Å². The molecule has 4 aromatic heterocycles. The van der Waals surface area contributed by atoms with Crippen LogP contribution in [-0.4, -0.2) is 47.9 Å². The Morgan fingerprint density at radius 3 is 2.90 bits per heavy atom. The first kappa shape index (κ1) is 19.2. The Kier molecular flexibility index (Phi) is 4.65. The predicted octanol–water partition coefficient (Wildman–Crippen LogP) is 3.07. The van der Waals surface area contributed by atoms with Crippen molar-refractivity contribution >= 4 is 23.2 Å². The molecule has 1 N–H and O–H groups in total. The van der Waals surface area contributed by atoms with Crippen LogP contribution in [0.4, 0.5) is 11.6 Å². The second-order valence-corrected chi connectivity index (χ2v) is 8.02. The Balaban J connectivity index is 1.43. The van der Waals surface area contributed by atoms with E-state index in [4.69, 9.17) is 0 Å². The molecule has 0 radical (unpaired) electrons. The lowest BCUT2D eigenvalue weighted by molar-refractivity contribution is 0.101. The minimum Gasteiger partial charge on any atom is -0.337 e. The maximum absolute atomic E-state index is 13.1. The lowest BCUT2D eigenvalue weighted by Crippen LogP contribution is -2.27. The molecule has 1 amide bonds. The Labute approximate surface area is 179 Å². The van der Waals surface area contributed by atoms with Crippen LogP contribution in [0.5, 0.6) is 0 Å². The monoisotopic (exact) mass is 416 g/mol. The molecule has 5 heterocycles. The Morgan fingerprint density at radius 2 is 2.13 bits per heavy atom. The third kappa shape index (κ3) is 3.52. The SMILES string of the molecule is Cc1ccnc(-c2cnn(C)c2C(=O)Nc2ccn3nc(N4CCCC4C)nc3c2)c1. The van der Waals surface area contributed by atoms with Crippen LogP contribution < -0.4 is 10.2 Å². The van der Waals surface area contributed by atoms with Gasteiger partial charge in [-0.2, -0.15) is 10.1 Å². The zero-order chi connectivity index (χ0) is 21.5. The number of fused-ring (bicyclic) bond motifs is 1. The van der Waals surface area contributed by atoms with Gasteiger partial charge in [0.25, 0.3) is 5.91 Å². The van der Waals surface area contributed by atoms with Gasteiger partial charge in [0, 0.05) is 43.8 Å². The van der Waals surface area contributed by atoms with E-state index in [1.54, 1.807) is 28.6 Å². The van der Waals surface area contributed by atoms with Crippen molar-refractivity contribution < 1.29 is 4.79 Å². The molecule has 158 valence electrons. The fourth-order valence-corrected chi connectivity index (χ4v) is 4.07. The molecule has 0 aliphatic carbocycles. The lowest BCUT2D eigenvalue weighted by Gasteiger charge is -2.18. The zero-order valence-corrected chi connectivity index (χ0v) is 17.8. The van der Waals surface area contributed by atoms with Crippen LogP contribution in [-0.2, 0) is 7.05 Å². The number of aryl methyl sites for hydroxylation is 2. The minimum atomic E-state index is -0.254. The highest BCUT2D eigenvalue weighted by Crippen LogP contribution is 2.25. The predicted molar refractivity (Wildman–Crippen MR) is 118 cm³/mol. The highest BCUT2D eigenvalue weighted by atomic mass is 16.2. The molecule has 0 spiro atoms. The van der Waals surface area contributed by atoms with Gasteiger partial charge in [0.2, 0.25) is 5.95 Å². The summed E-state index contributed by atoms with van der Waals surface area (Å²) in [6.07, 6.45) is 7.52. The van der Waals surface area contributed by atoms with E-state index in [1.807, 2.05) is 37.4 Å². The number of nitrogens with zero attached hydrogens (tertiary/aromatic N) is 7. The second-order valence-electron chi connectivity index (χ2n) is 8.02. The van der Waals surface area contributed by atoms with E-state index in [1.165, 1.54) is 0 Å². The van der Waals surface area contributed by atoms with Crippen LogP contribution in [0.3, 0.4) is 0 Å². The molecule has 0 saturated carbocycles. The van der Waals surface area contributed by atoms with Crippen molar-refractivity contribution in [3.05, 3.63) is 54.1 Å². The molecule has 0 bridgehead atoms. The van der Waals surface area contributed by atoms with Crippen LogP contribution in [0.15, 0.2) is 42.9 Å². The molecular weight excluding hydrogens is 392 g/mol. The van der Waals surface area contributed by atoms with Crippen LogP contribution in [0.2, 0.25) is 0 Å².